The van der Waals surface area contributed by atoms with Gasteiger partial charge < -0.3 is 4.74 Å². The van der Waals surface area contributed by atoms with Gasteiger partial charge in [-0.2, -0.15) is 0 Å². The van der Waals surface area contributed by atoms with Crippen LogP contribution in [0.3, 0.4) is 0 Å². The van der Waals surface area contributed by atoms with Gasteiger partial charge >= 0.3 is 5.97 Å². The molecule has 0 aliphatic rings. The van der Waals surface area contributed by atoms with Crippen molar-refractivity contribution in [1.82, 2.24) is 10.9 Å². The molecule has 144 valence electrons. The van der Waals surface area contributed by atoms with E-state index in [1.165, 1.54) is 48.5 Å². The Hall–Kier alpha value is -4.08. The molecule has 0 aromatic heterocycles. The summed E-state index contributed by atoms with van der Waals surface area (Å²) in [6.45, 7) is -0.665. The highest BCUT2D eigenvalue weighted by atomic mass is 19.1. The fourth-order valence-corrected chi connectivity index (χ4v) is 1.92. The van der Waals surface area contributed by atoms with Gasteiger partial charge in [0.1, 0.15) is 5.82 Å². The van der Waals surface area contributed by atoms with Crippen molar-refractivity contribution in [3.05, 3.63) is 81.7 Å². The average Bonchev–Trinajstić information content (AvgIpc) is 2.70. The van der Waals surface area contributed by atoms with Crippen molar-refractivity contribution in [3.63, 3.8) is 0 Å². The van der Waals surface area contributed by atoms with Crippen molar-refractivity contribution in [1.29, 1.82) is 0 Å². The van der Waals surface area contributed by atoms with Gasteiger partial charge in [-0.3, -0.25) is 30.6 Å². The molecule has 0 fully saturated rings. The Balaban J connectivity index is 1.76. The Bertz CT molecular complexity index is 927. The predicted octanol–water partition coefficient (Wildman–Crippen LogP) is 1.75. The molecular formula is C18H14FN3O6. The Kier molecular flexibility index (Phi) is 6.92. The second-order valence-electron chi connectivity index (χ2n) is 5.30. The Labute approximate surface area is 157 Å². The van der Waals surface area contributed by atoms with Crippen molar-refractivity contribution < 1.29 is 28.4 Å². The molecule has 9 nitrogen and oxygen atoms in total. The summed E-state index contributed by atoms with van der Waals surface area (Å²) in [4.78, 5) is 45.0. The number of hydrogen-bond donors (Lipinski definition) is 2. The molecule has 2 rings (SSSR count). The van der Waals surface area contributed by atoms with Crippen LogP contribution in [0.4, 0.5) is 10.1 Å². The molecule has 0 aliphatic heterocycles. The predicted molar refractivity (Wildman–Crippen MR) is 95.1 cm³/mol. The molecule has 2 aromatic carbocycles. The highest BCUT2D eigenvalue weighted by Gasteiger charge is 2.12. The Morgan fingerprint density at radius 3 is 2.50 bits per heavy atom. The van der Waals surface area contributed by atoms with Crippen LogP contribution in [-0.2, 0) is 14.3 Å². The summed E-state index contributed by atoms with van der Waals surface area (Å²) in [5, 5.41) is 10.7. The third-order valence-electron chi connectivity index (χ3n) is 3.26. The number of carbonyl (C=O) groups excluding carboxylic acids is 3. The van der Waals surface area contributed by atoms with Crippen LogP contribution < -0.4 is 10.9 Å². The van der Waals surface area contributed by atoms with Crippen LogP contribution in [0.25, 0.3) is 6.08 Å². The zero-order valence-corrected chi connectivity index (χ0v) is 14.3. The molecule has 2 N–H and O–H groups in total. The zero-order chi connectivity index (χ0) is 20.5. The lowest BCUT2D eigenvalue weighted by Gasteiger charge is -2.07. The summed E-state index contributed by atoms with van der Waals surface area (Å²) in [5.74, 6) is -2.82. The molecule has 10 heteroatoms. The van der Waals surface area contributed by atoms with Gasteiger partial charge in [0.15, 0.2) is 6.61 Å². The molecule has 28 heavy (non-hydrogen) atoms. The van der Waals surface area contributed by atoms with Crippen LogP contribution in [0.2, 0.25) is 0 Å². The van der Waals surface area contributed by atoms with Crippen LogP contribution in [0.1, 0.15) is 15.9 Å². The van der Waals surface area contributed by atoms with E-state index in [-0.39, 0.29) is 11.3 Å². The quantitative estimate of drug-likeness (QED) is 0.336. The summed E-state index contributed by atoms with van der Waals surface area (Å²) in [5.41, 5.74) is 4.31. The van der Waals surface area contributed by atoms with Gasteiger partial charge in [0.2, 0.25) is 0 Å². The van der Waals surface area contributed by atoms with E-state index in [1.807, 2.05) is 10.9 Å². The fourth-order valence-electron chi connectivity index (χ4n) is 1.92. The standard InChI is InChI=1S/C18H14FN3O6/c19-14-7-4-12(5-8-14)6-9-17(24)28-11-16(23)20-21-18(25)13-2-1-3-15(10-13)22(26)27/h1-10H,11H2,(H,20,23)(H,21,25)/b9-6+. The number of esters is 1. The van der Waals surface area contributed by atoms with Crippen LogP contribution in [0, 0.1) is 15.9 Å². The SMILES string of the molecule is O=C(COC(=O)/C=C/c1ccc(F)cc1)NNC(=O)c1cccc([N+](=O)[O-])c1. The number of halogens is 1. The first-order chi connectivity index (χ1) is 13.3. The Morgan fingerprint density at radius 1 is 1.11 bits per heavy atom. The molecule has 0 radical (unpaired) electrons. The largest absolute Gasteiger partial charge is 0.452 e. The van der Waals surface area contributed by atoms with Crippen molar-refractivity contribution in [2.24, 2.45) is 0 Å². The maximum atomic E-state index is 12.8. The minimum Gasteiger partial charge on any atom is -0.452 e. The van der Waals surface area contributed by atoms with Crippen molar-refractivity contribution in [2.75, 3.05) is 6.61 Å². The van der Waals surface area contributed by atoms with E-state index in [2.05, 4.69) is 4.74 Å². The lowest BCUT2D eigenvalue weighted by atomic mass is 10.2. The highest BCUT2D eigenvalue weighted by Crippen LogP contribution is 2.12. The molecule has 0 saturated carbocycles. The molecule has 2 amide bonds. The molecule has 0 aliphatic carbocycles. The van der Waals surface area contributed by atoms with E-state index in [4.69, 9.17) is 0 Å². The summed E-state index contributed by atoms with van der Waals surface area (Å²) in [6, 6.07) is 10.3. The van der Waals surface area contributed by atoms with Gasteiger partial charge in [0.05, 0.1) is 4.92 Å². The molecule has 0 unspecified atom stereocenters. The molecule has 2 aromatic rings. The second kappa shape index (κ2) is 9.57. The number of non-ortho nitro benzene ring substituents is 1. The number of carbonyl (C=O) groups is 3. The molecule has 0 heterocycles. The summed E-state index contributed by atoms with van der Waals surface area (Å²) >= 11 is 0. The Morgan fingerprint density at radius 2 is 1.82 bits per heavy atom. The first kappa shape index (κ1) is 20.2. The number of hydrogen-bond acceptors (Lipinski definition) is 6. The van der Waals surface area contributed by atoms with E-state index in [1.54, 1.807) is 0 Å². The number of nitro benzene ring substituents is 1. The monoisotopic (exact) mass is 387 g/mol. The summed E-state index contributed by atoms with van der Waals surface area (Å²) in [7, 11) is 0. The van der Waals surface area contributed by atoms with Gasteiger partial charge in [-0.15, -0.1) is 0 Å². The molecule has 0 saturated heterocycles. The van der Waals surface area contributed by atoms with Crippen molar-refractivity contribution >= 4 is 29.5 Å². The van der Waals surface area contributed by atoms with Gasteiger partial charge in [0, 0.05) is 23.8 Å². The fraction of sp³-hybridized carbons (Fsp3) is 0.0556. The van der Waals surface area contributed by atoms with E-state index in [0.29, 0.717) is 5.56 Å². The van der Waals surface area contributed by atoms with Gasteiger partial charge in [-0.25, -0.2) is 9.18 Å². The van der Waals surface area contributed by atoms with Crippen LogP contribution in [-0.4, -0.2) is 29.3 Å². The molecular weight excluding hydrogens is 373 g/mol. The zero-order valence-electron chi connectivity index (χ0n) is 14.3. The summed E-state index contributed by atoms with van der Waals surface area (Å²) in [6.07, 6.45) is 2.44. The minimum absolute atomic E-state index is 0.0336. The number of benzene rings is 2. The van der Waals surface area contributed by atoms with Crippen LogP contribution in [0.5, 0.6) is 0 Å². The van der Waals surface area contributed by atoms with E-state index in [0.717, 1.165) is 12.1 Å². The number of nitrogens with one attached hydrogen (secondary N) is 2. The smallest absolute Gasteiger partial charge is 0.331 e. The van der Waals surface area contributed by atoms with Gasteiger partial charge in [-0.05, 0) is 29.8 Å². The minimum atomic E-state index is -0.817. The maximum absolute atomic E-state index is 12.8. The molecule has 0 spiro atoms. The average molecular weight is 387 g/mol. The highest BCUT2D eigenvalue weighted by molar-refractivity contribution is 5.96. The first-order valence-electron chi connectivity index (χ1n) is 7.79. The third kappa shape index (κ3) is 6.33. The number of rotatable bonds is 6. The van der Waals surface area contributed by atoms with Gasteiger partial charge in [-0.1, -0.05) is 18.2 Å². The topological polar surface area (TPSA) is 128 Å². The van der Waals surface area contributed by atoms with Crippen molar-refractivity contribution in [2.45, 2.75) is 0 Å². The second-order valence-corrected chi connectivity index (χ2v) is 5.30. The van der Waals surface area contributed by atoms with E-state index in [9.17, 15) is 28.9 Å². The molecule has 0 bridgehead atoms. The lowest BCUT2D eigenvalue weighted by molar-refractivity contribution is -0.384. The van der Waals surface area contributed by atoms with Crippen LogP contribution in [0.15, 0.2) is 54.6 Å². The van der Waals surface area contributed by atoms with E-state index >= 15 is 0 Å². The van der Waals surface area contributed by atoms with Crippen LogP contribution >= 0.6 is 0 Å². The van der Waals surface area contributed by atoms with E-state index < -0.39 is 35.1 Å². The normalized spacial score (nSPS) is 10.3. The van der Waals surface area contributed by atoms with Crippen molar-refractivity contribution in [3.8, 4) is 0 Å². The number of nitro groups is 1. The number of hydrazine groups is 1. The molecule has 0 atom stereocenters. The third-order valence-corrected chi connectivity index (χ3v) is 3.26. The van der Waals surface area contributed by atoms with Gasteiger partial charge in [0.25, 0.3) is 17.5 Å². The lowest BCUT2D eigenvalue weighted by Crippen LogP contribution is -2.43. The number of ether oxygens (including phenoxy) is 1. The summed E-state index contributed by atoms with van der Waals surface area (Å²) < 4.78 is 17.5. The first-order valence-corrected chi connectivity index (χ1v) is 7.79. The maximum Gasteiger partial charge on any atom is 0.331 e. The number of amides is 2. The number of nitrogens with zero attached hydrogens (tertiary/aromatic N) is 1.